The zero-order chi connectivity index (χ0) is 14.8. The first kappa shape index (κ1) is 16.6. The number of hydrogen-bond acceptors (Lipinski definition) is 4. The maximum atomic E-state index is 5.76. The van der Waals surface area contributed by atoms with Gasteiger partial charge in [0, 0.05) is 54.2 Å². The second kappa shape index (κ2) is 6.55. The fourth-order valence-electron chi connectivity index (χ4n) is 3.07. The molecular weight excluding hydrogens is 268 g/mol. The minimum Gasteiger partial charge on any atom is -0.381 e. The first-order chi connectivity index (χ1) is 9.31. The Hall–Kier alpha value is 0.230. The van der Waals surface area contributed by atoms with Gasteiger partial charge in [-0.2, -0.15) is 11.8 Å². The highest BCUT2D eigenvalue weighted by atomic mass is 32.2. The number of rotatable bonds is 4. The highest BCUT2D eigenvalue weighted by Gasteiger charge is 2.39. The third-order valence-electron chi connectivity index (χ3n) is 4.73. The van der Waals surface area contributed by atoms with E-state index in [2.05, 4.69) is 56.6 Å². The second-order valence-corrected chi connectivity index (χ2v) is 9.18. The summed E-state index contributed by atoms with van der Waals surface area (Å²) >= 11 is 2.12. The van der Waals surface area contributed by atoms with Crippen LogP contribution in [0.15, 0.2) is 0 Å². The van der Waals surface area contributed by atoms with E-state index in [4.69, 9.17) is 4.74 Å². The summed E-state index contributed by atoms with van der Waals surface area (Å²) in [6.45, 7) is 16.8. The smallest absolute Gasteiger partial charge is 0.0547 e. The van der Waals surface area contributed by atoms with E-state index in [1.165, 1.54) is 25.3 Å². The van der Waals surface area contributed by atoms with Gasteiger partial charge in [0.15, 0.2) is 0 Å². The Balaban J connectivity index is 1.98. The van der Waals surface area contributed by atoms with Crippen LogP contribution in [0.5, 0.6) is 0 Å². The number of ether oxygens (including phenoxy) is 1. The molecule has 0 aromatic carbocycles. The zero-order valence-electron chi connectivity index (χ0n) is 13.9. The van der Waals surface area contributed by atoms with Crippen LogP contribution in [0.2, 0.25) is 0 Å². The molecule has 0 radical (unpaired) electrons. The van der Waals surface area contributed by atoms with Gasteiger partial charge in [-0.25, -0.2) is 0 Å². The molecule has 2 fully saturated rings. The fourth-order valence-corrected chi connectivity index (χ4v) is 4.23. The van der Waals surface area contributed by atoms with Crippen molar-refractivity contribution in [3.8, 4) is 0 Å². The number of thioether (sulfide) groups is 1. The maximum absolute atomic E-state index is 5.76. The van der Waals surface area contributed by atoms with Crippen LogP contribution in [-0.2, 0) is 4.74 Å². The third-order valence-corrected chi connectivity index (χ3v) is 6.07. The van der Waals surface area contributed by atoms with E-state index in [0.29, 0.717) is 11.5 Å². The minimum absolute atomic E-state index is 0.187. The van der Waals surface area contributed by atoms with Crippen molar-refractivity contribution in [3.63, 3.8) is 0 Å². The molecule has 3 unspecified atom stereocenters. The minimum atomic E-state index is 0.187. The first-order valence-corrected chi connectivity index (χ1v) is 9.05. The molecule has 3 nitrogen and oxygen atoms in total. The fraction of sp³-hybridized carbons (Fsp3) is 1.00. The third kappa shape index (κ3) is 4.36. The molecular formula is C16H32N2OS. The number of nitrogens with one attached hydrogen (secondary N) is 1. The number of hydrogen-bond donors (Lipinski definition) is 1. The van der Waals surface area contributed by atoms with E-state index in [0.717, 1.165) is 25.0 Å². The van der Waals surface area contributed by atoms with Crippen molar-refractivity contribution in [1.82, 2.24) is 10.2 Å². The Labute approximate surface area is 129 Å². The van der Waals surface area contributed by atoms with Gasteiger partial charge in [0.1, 0.15) is 0 Å². The summed E-state index contributed by atoms with van der Waals surface area (Å²) in [7, 11) is 0. The highest BCUT2D eigenvalue weighted by Crippen LogP contribution is 2.33. The first-order valence-electron chi connectivity index (χ1n) is 8.00. The summed E-state index contributed by atoms with van der Waals surface area (Å²) in [6, 6.07) is 0.681. The average Bonchev–Trinajstić information content (AvgIpc) is 2.81. The number of nitrogens with zero attached hydrogens (tertiary/aromatic N) is 1. The van der Waals surface area contributed by atoms with E-state index >= 15 is 0 Å². The molecule has 2 aliphatic heterocycles. The molecule has 1 N–H and O–H groups in total. The lowest BCUT2D eigenvalue weighted by Gasteiger charge is -2.43. The molecule has 0 aromatic heterocycles. The van der Waals surface area contributed by atoms with Crippen molar-refractivity contribution in [2.24, 2.45) is 5.41 Å². The van der Waals surface area contributed by atoms with Crippen LogP contribution in [0.1, 0.15) is 41.0 Å². The van der Waals surface area contributed by atoms with Crippen LogP contribution in [0.3, 0.4) is 0 Å². The van der Waals surface area contributed by atoms with Gasteiger partial charge in [-0.1, -0.05) is 6.92 Å². The monoisotopic (exact) mass is 300 g/mol. The van der Waals surface area contributed by atoms with Crippen LogP contribution in [0, 0.1) is 5.41 Å². The van der Waals surface area contributed by atoms with Crippen LogP contribution in [0.4, 0.5) is 0 Å². The molecule has 118 valence electrons. The Morgan fingerprint density at radius 3 is 2.70 bits per heavy atom. The predicted molar refractivity (Wildman–Crippen MR) is 88.6 cm³/mol. The molecule has 0 saturated carbocycles. The molecule has 0 aromatic rings. The van der Waals surface area contributed by atoms with Crippen molar-refractivity contribution in [3.05, 3.63) is 0 Å². The summed E-state index contributed by atoms with van der Waals surface area (Å²) in [6.07, 6.45) is 1.20. The van der Waals surface area contributed by atoms with Crippen LogP contribution < -0.4 is 5.32 Å². The lowest BCUT2D eigenvalue weighted by atomic mass is 9.85. The molecule has 0 bridgehead atoms. The van der Waals surface area contributed by atoms with Crippen molar-refractivity contribution < 1.29 is 4.74 Å². The Bertz CT molecular complexity index is 310. The van der Waals surface area contributed by atoms with Gasteiger partial charge < -0.3 is 10.1 Å². The van der Waals surface area contributed by atoms with Crippen LogP contribution in [-0.4, -0.2) is 60.3 Å². The lowest BCUT2D eigenvalue weighted by Crippen LogP contribution is -2.54. The SMILES string of the molecule is CC1SCCN(CC2(CNC(C)(C)C)CCOC2)C1C. The van der Waals surface area contributed by atoms with Gasteiger partial charge in [-0.3, -0.25) is 4.90 Å². The Kier molecular flexibility index (Phi) is 5.44. The molecule has 2 aliphatic rings. The van der Waals surface area contributed by atoms with Crippen LogP contribution >= 0.6 is 11.8 Å². The van der Waals surface area contributed by atoms with E-state index in [1.807, 2.05) is 0 Å². The molecule has 4 heteroatoms. The molecule has 2 saturated heterocycles. The summed E-state index contributed by atoms with van der Waals surface area (Å²) in [5, 5.41) is 4.46. The molecule has 0 aliphatic carbocycles. The average molecular weight is 301 g/mol. The summed E-state index contributed by atoms with van der Waals surface area (Å²) in [4.78, 5) is 2.69. The predicted octanol–water partition coefficient (Wildman–Crippen LogP) is 2.61. The summed E-state index contributed by atoms with van der Waals surface area (Å²) < 4.78 is 5.76. The summed E-state index contributed by atoms with van der Waals surface area (Å²) in [5.41, 5.74) is 0.496. The van der Waals surface area contributed by atoms with Gasteiger partial charge in [0.05, 0.1) is 6.61 Å². The van der Waals surface area contributed by atoms with Gasteiger partial charge in [-0.15, -0.1) is 0 Å². The largest absolute Gasteiger partial charge is 0.381 e. The Morgan fingerprint density at radius 2 is 2.10 bits per heavy atom. The Morgan fingerprint density at radius 1 is 1.35 bits per heavy atom. The zero-order valence-corrected chi connectivity index (χ0v) is 14.7. The van der Waals surface area contributed by atoms with Crippen molar-refractivity contribution in [1.29, 1.82) is 0 Å². The molecule has 0 spiro atoms. The standard InChI is InChI=1S/C16H32N2OS/c1-13-14(2)20-9-7-18(13)11-16(6-8-19-12-16)10-17-15(3,4)5/h13-14,17H,6-12H2,1-5H3. The molecule has 2 rings (SSSR count). The molecule has 0 amide bonds. The quantitative estimate of drug-likeness (QED) is 0.862. The highest BCUT2D eigenvalue weighted by molar-refractivity contribution is 8.00. The second-order valence-electron chi connectivity index (χ2n) is 7.69. The van der Waals surface area contributed by atoms with E-state index in [1.54, 1.807) is 0 Å². The maximum Gasteiger partial charge on any atom is 0.0547 e. The topological polar surface area (TPSA) is 24.5 Å². The van der Waals surface area contributed by atoms with Crippen molar-refractivity contribution >= 4 is 11.8 Å². The van der Waals surface area contributed by atoms with E-state index in [-0.39, 0.29) is 5.54 Å². The molecule has 3 atom stereocenters. The lowest BCUT2D eigenvalue weighted by molar-refractivity contribution is 0.0858. The van der Waals surface area contributed by atoms with Gasteiger partial charge in [0.25, 0.3) is 0 Å². The van der Waals surface area contributed by atoms with E-state index in [9.17, 15) is 0 Å². The van der Waals surface area contributed by atoms with Crippen molar-refractivity contribution in [2.75, 3.05) is 38.6 Å². The normalized spacial score (nSPS) is 36.5. The molecule has 20 heavy (non-hydrogen) atoms. The van der Waals surface area contributed by atoms with Crippen molar-refractivity contribution in [2.45, 2.75) is 57.9 Å². The van der Waals surface area contributed by atoms with Gasteiger partial charge in [-0.05, 0) is 34.1 Å². The van der Waals surface area contributed by atoms with Crippen LogP contribution in [0.25, 0.3) is 0 Å². The molecule has 2 heterocycles. The van der Waals surface area contributed by atoms with Gasteiger partial charge >= 0.3 is 0 Å². The summed E-state index contributed by atoms with van der Waals surface area (Å²) in [5.74, 6) is 1.27. The van der Waals surface area contributed by atoms with Gasteiger partial charge in [0.2, 0.25) is 0 Å². The van der Waals surface area contributed by atoms with E-state index < -0.39 is 0 Å².